The minimum Gasteiger partial charge on any atom is -0.399 e. The molecule has 0 aromatic heterocycles. The zero-order valence-electron chi connectivity index (χ0n) is 8.42. The summed E-state index contributed by atoms with van der Waals surface area (Å²) in [5.41, 5.74) is 11.6. The Kier molecular flexibility index (Phi) is 3.86. The van der Waals surface area contributed by atoms with Crippen LogP contribution in [0.5, 0.6) is 0 Å². The van der Waals surface area contributed by atoms with E-state index in [2.05, 4.69) is 9.92 Å². The van der Waals surface area contributed by atoms with Crippen molar-refractivity contribution in [1.82, 2.24) is 0 Å². The third-order valence-corrected chi connectivity index (χ3v) is 2.83. The Morgan fingerprint density at radius 2 is 1.81 bits per heavy atom. The first-order chi connectivity index (χ1) is 7.42. The van der Waals surface area contributed by atoms with E-state index in [0.717, 1.165) is 5.56 Å². The Balaban J connectivity index is 2.48. The fraction of sp³-hybridized carbons (Fsp3) is 0.222. The van der Waals surface area contributed by atoms with Gasteiger partial charge in [0.15, 0.2) is 0 Å². The van der Waals surface area contributed by atoms with E-state index in [-0.39, 0.29) is 6.61 Å². The third kappa shape index (κ3) is 3.52. The number of rotatable bonds is 4. The molecule has 0 aliphatic rings. The lowest BCUT2D eigenvalue weighted by molar-refractivity contribution is 0.256. The Bertz CT molecular complexity index is 467. The van der Waals surface area contributed by atoms with Gasteiger partial charge in [0.05, 0.1) is 6.61 Å². The highest BCUT2D eigenvalue weighted by Crippen LogP contribution is 2.06. The molecule has 88 valence electrons. The lowest BCUT2D eigenvalue weighted by Crippen LogP contribution is -2.24. The minimum atomic E-state index is -4.26. The second-order valence-corrected chi connectivity index (χ2v) is 4.63. The quantitative estimate of drug-likeness (QED) is 0.581. The number of amides is 1. The predicted octanol–water partition coefficient (Wildman–Crippen LogP) is 0.236. The Labute approximate surface area is 93.3 Å². The Hall–Kier alpha value is -1.60. The number of carbonyl (C=O) groups excluding carboxylic acids is 1. The molecule has 0 saturated carbocycles. The van der Waals surface area contributed by atoms with Crippen molar-refractivity contribution in [2.45, 2.75) is 6.42 Å². The van der Waals surface area contributed by atoms with Gasteiger partial charge in [-0.2, -0.15) is 8.42 Å². The van der Waals surface area contributed by atoms with Crippen LogP contribution in [0.2, 0.25) is 0 Å². The first-order valence-electron chi connectivity index (χ1n) is 4.45. The summed E-state index contributed by atoms with van der Waals surface area (Å²) >= 11 is 0. The topological polar surface area (TPSA) is 112 Å². The maximum Gasteiger partial charge on any atom is 0.361 e. The summed E-state index contributed by atoms with van der Waals surface area (Å²) in [4.78, 5) is 10.4. The molecule has 0 atom stereocenters. The van der Waals surface area contributed by atoms with Crippen LogP contribution >= 0.6 is 0 Å². The SMILES string of the molecule is NC(=O)S(=O)(=O)OCCc1ccc(N)cc1. The molecule has 1 amide bonds. The summed E-state index contributed by atoms with van der Waals surface area (Å²) in [5, 5.41) is -1.48. The largest absolute Gasteiger partial charge is 0.399 e. The van der Waals surface area contributed by atoms with Crippen LogP contribution in [0, 0.1) is 0 Å². The smallest absolute Gasteiger partial charge is 0.361 e. The van der Waals surface area contributed by atoms with Gasteiger partial charge in [0.1, 0.15) is 0 Å². The van der Waals surface area contributed by atoms with Gasteiger partial charge in [0.25, 0.3) is 0 Å². The second kappa shape index (κ2) is 4.95. The maximum atomic E-state index is 10.9. The molecule has 0 saturated heterocycles. The summed E-state index contributed by atoms with van der Waals surface area (Å²) in [5.74, 6) is 0. The van der Waals surface area contributed by atoms with E-state index in [1.54, 1.807) is 24.3 Å². The van der Waals surface area contributed by atoms with Crippen LogP contribution in [0.4, 0.5) is 10.5 Å². The molecular weight excluding hydrogens is 232 g/mol. The highest BCUT2D eigenvalue weighted by atomic mass is 32.2. The van der Waals surface area contributed by atoms with Crippen molar-refractivity contribution in [3.8, 4) is 0 Å². The lowest BCUT2D eigenvalue weighted by atomic mass is 10.1. The average molecular weight is 244 g/mol. The van der Waals surface area contributed by atoms with Crippen LogP contribution < -0.4 is 11.5 Å². The Morgan fingerprint density at radius 3 is 2.31 bits per heavy atom. The zero-order valence-corrected chi connectivity index (χ0v) is 9.24. The molecular formula is C9H12N2O4S. The highest BCUT2D eigenvalue weighted by molar-refractivity contribution is 8.01. The standard InChI is InChI=1S/C9H12N2O4S/c10-8-3-1-7(2-4-8)5-6-15-16(13,14)9(11)12/h1-4H,5-6,10H2,(H2,11,12). The number of hydrogen-bond donors (Lipinski definition) is 2. The fourth-order valence-corrected chi connectivity index (χ4v) is 1.43. The van der Waals surface area contributed by atoms with Gasteiger partial charge in [-0.05, 0) is 24.1 Å². The van der Waals surface area contributed by atoms with E-state index in [1.165, 1.54) is 0 Å². The maximum absolute atomic E-state index is 10.9. The van der Waals surface area contributed by atoms with E-state index in [9.17, 15) is 13.2 Å². The Morgan fingerprint density at radius 1 is 1.25 bits per heavy atom. The molecule has 7 heteroatoms. The molecule has 1 aromatic rings. The van der Waals surface area contributed by atoms with Crippen molar-refractivity contribution in [2.24, 2.45) is 5.73 Å². The number of carbonyl (C=O) groups is 1. The van der Waals surface area contributed by atoms with E-state index in [1.807, 2.05) is 0 Å². The number of primary amides is 1. The number of nitrogen functional groups attached to an aromatic ring is 1. The second-order valence-electron chi connectivity index (χ2n) is 3.09. The number of anilines is 1. The van der Waals surface area contributed by atoms with Gasteiger partial charge in [-0.15, -0.1) is 0 Å². The molecule has 0 spiro atoms. The van der Waals surface area contributed by atoms with E-state index in [0.29, 0.717) is 12.1 Å². The molecule has 1 aromatic carbocycles. The van der Waals surface area contributed by atoms with Crippen LogP contribution in [-0.2, 0) is 20.7 Å². The monoisotopic (exact) mass is 244 g/mol. The molecule has 0 bridgehead atoms. The summed E-state index contributed by atoms with van der Waals surface area (Å²) in [6.07, 6.45) is 0.354. The molecule has 0 aliphatic carbocycles. The number of nitrogens with two attached hydrogens (primary N) is 2. The van der Waals surface area contributed by atoms with Crippen LogP contribution in [0.1, 0.15) is 5.56 Å². The molecule has 0 fully saturated rings. The van der Waals surface area contributed by atoms with Crippen LogP contribution in [0.25, 0.3) is 0 Å². The summed E-state index contributed by atoms with van der Waals surface area (Å²) < 4.78 is 26.1. The lowest BCUT2D eigenvalue weighted by Gasteiger charge is -2.02. The first-order valence-corrected chi connectivity index (χ1v) is 5.86. The molecule has 1 rings (SSSR count). The zero-order chi connectivity index (χ0) is 12.2. The molecule has 0 heterocycles. The number of benzene rings is 1. The molecule has 4 N–H and O–H groups in total. The molecule has 16 heavy (non-hydrogen) atoms. The van der Waals surface area contributed by atoms with Gasteiger partial charge in [-0.3, -0.25) is 8.98 Å². The van der Waals surface area contributed by atoms with Crippen molar-refractivity contribution in [2.75, 3.05) is 12.3 Å². The molecule has 0 radical (unpaired) electrons. The van der Waals surface area contributed by atoms with E-state index in [4.69, 9.17) is 5.73 Å². The van der Waals surface area contributed by atoms with Crippen molar-refractivity contribution >= 4 is 21.0 Å². The molecule has 0 aliphatic heterocycles. The highest BCUT2D eigenvalue weighted by Gasteiger charge is 2.18. The van der Waals surface area contributed by atoms with Gasteiger partial charge in [-0.25, -0.2) is 0 Å². The van der Waals surface area contributed by atoms with Gasteiger partial charge in [0, 0.05) is 5.69 Å². The fourth-order valence-electron chi connectivity index (χ4n) is 1.01. The van der Waals surface area contributed by atoms with Crippen molar-refractivity contribution in [3.05, 3.63) is 29.8 Å². The normalized spacial score (nSPS) is 11.2. The van der Waals surface area contributed by atoms with Crippen molar-refractivity contribution < 1.29 is 17.4 Å². The minimum absolute atomic E-state index is 0.130. The van der Waals surface area contributed by atoms with Crippen molar-refractivity contribution in [1.29, 1.82) is 0 Å². The van der Waals surface area contributed by atoms with Crippen LogP contribution in [0.3, 0.4) is 0 Å². The van der Waals surface area contributed by atoms with E-state index >= 15 is 0 Å². The van der Waals surface area contributed by atoms with Gasteiger partial charge in [-0.1, -0.05) is 12.1 Å². The van der Waals surface area contributed by atoms with Gasteiger partial charge in [0.2, 0.25) is 0 Å². The van der Waals surface area contributed by atoms with Crippen molar-refractivity contribution in [3.63, 3.8) is 0 Å². The first kappa shape index (κ1) is 12.5. The molecule has 6 nitrogen and oxygen atoms in total. The van der Waals surface area contributed by atoms with Gasteiger partial charge < -0.3 is 11.5 Å². The summed E-state index contributed by atoms with van der Waals surface area (Å²) in [6, 6.07) is 6.88. The average Bonchev–Trinajstić information content (AvgIpc) is 2.20. The number of hydrogen-bond acceptors (Lipinski definition) is 5. The van der Waals surface area contributed by atoms with Crippen LogP contribution in [-0.4, -0.2) is 20.3 Å². The summed E-state index contributed by atoms with van der Waals surface area (Å²) in [6.45, 7) is -0.130. The predicted molar refractivity (Wildman–Crippen MR) is 59.0 cm³/mol. The van der Waals surface area contributed by atoms with Crippen LogP contribution in [0.15, 0.2) is 24.3 Å². The molecule has 0 unspecified atom stereocenters. The summed E-state index contributed by atoms with van der Waals surface area (Å²) in [7, 11) is -4.26. The van der Waals surface area contributed by atoms with E-state index < -0.39 is 15.4 Å². The van der Waals surface area contributed by atoms with Gasteiger partial charge >= 0.3 is 15.4 Å². The third-order valence-electron chi connectivity index (χ3n) is 1.86.